The molecule has 1 atom stereocenters. The molecule has 0 heterocycles. The van der Waals surface area contributed by atoms with Crippen molar-refractivity contribution in [1.29, 1.82) is 0 Å². The first-order valence-corrected chi connectivity index (χ1v) is 5.74. The molecule has 0 aliphatic carbocycles. The molecule has 1 unspecified atom stereocenters. The molecule has 19 heavy (non-hydrogen) atoms. The average molecular weight is 268 g/mol. The Labute approximate surface area is 110 Å². The number of amides is 1. The molecule has 1 aromatic carbocycles. The van der Waals surface area contributed by atoms with Crippen molar-refractivity contribution in [2.24, 2.45) is 0 Å². The number of rotatable bonds is 7. The molecule has 0 spiro atoms. The third kappa shape index (κ3) is 5.02. The first kappa shape index (κ1) is 15.1. The Kier molecular flexibility index (Phi) is 5.91. The largest absolute Gasteiger partial charge is 0.391 e. The molecule has 0 aromatic heterocycles. The summed E-state index contributed by atoms with van der Waals surface area (Å²) in [7, 11) is 1.48. The van der Waals surface area contributed by atoms with Crippen LogP contribution in [0.25, 0.3) is 0 Å². The van der Waals surface area contributed by atoms with E-state index in [1.54, 1.807) is 0 Å². The number of hydrogen-bond donors (Lipinski definition) is 2. The topological polar surface area (TPSA) is 102 Å². The molecule has 0 saturated heterocycles. The third-order valence-corrected chi connectivity index (χ3v) is 2.44. The van der Waals surface area contributed by atoms with Gasteiger partial charge in [-0.3, -0.25) is 14.9 Å². The summed E-state index contributed by atoms with van der Waals surface area (Å²) in [4.78, 5) is 21.7. The number of carbonyl (C=O) groups excluding carboxylic acids is 1. The molecule has 7 heteroatoms. The maximum absolute atomic E-state index is 11.7. The fourth-order valence-electron chi connectivity index (χ4n) is 1.49. The smallest absolute Gasteiger partial charge is 0.270 e. The molecule has 0 radical (unpaired) electrons. The maximum Gasteiger partial charge on any atom is 0.270 e. The minimum atomic E-state index is -0.643. The fourth-order valence-corrected chi connectivity index (χ4v) is 1.49. The normalized spacial score (nSPS) is 11.9. The Bertz CT molecular complexity index is 450. The molecule has 0 bridgehead atoms. The molecule has 2 N–H and O–H groups in total. The Morgan fingerprint density at radius 3 is 2.95 bits per heavy atom. The van der Waals surface area contributed by atoms with Crippen LogP contribution in [0.15, 0.2) is 24.3 Å². The monoisotopic (exact) mass is 268 g/mol. The van der Waals surface area contributed by atoms with E-state index in [0.29, 0.717) is 6.42 Å². The van der Waals surface area contributed by atoms with Gasteiger partial charge in [0.25, 0.3) is 11.6 Å². The van der Waals surface area contributed by atoms with Crippen molar-refractivity contribution in [2.45, 2.75) is 12.5 Å². The van der Waals surface area contributed by atoms with Gasteiger partial charge in [0.1, 0.15) is 0 Å². The first-order valence-electron chi connectivity index (χ1n) is 5.74. The number of nitro groups is 1. The first-order chi connectivity index (χ1) is 9.04. The Morgan fingerprint density at radius 1 is 1.58 bits per heavy atom. The fraction of sp³-hybridized carbons (Fsp3) is 0.417. The van der Waals surface area contributed by atoms with E-state index < -0.39 is 16.9 Å². The number of aliphatic hydroxyl groups excluding tert-OH is 1. The van der Waals surface area contributed by atoms with Gasteiger partial charge in [0, 0.05) is 31.4 Å². The number of carbonyl (C=O) groups is 1. The lowest BCUT2D eigenvalue weighted by Crippen LogP contribution is -2.28. The molecule has 104 valence electrons. The number of non-ortho nitro benzene ring substituents is 1. The highest BCUT2D eigenvalue weighted by atomic mass is 16.6. The SMILES string of the molecule is COCC(O)CCNC(=O)c1cccc([N+](=O)[O-])c1. The summed E-state index contributed by atoms with van der Waals surface area (Å²) in [5, 5.41) is 22.5. The minimum absolute atomic E-state index is 0.132. The molecular weight excluding hydrogens is 252 g/mol. The number of aliphatic hydroxyl groups is 1. The molecule has 0 aliphatic rings. The van der Waals surface area contributed by atoms with Crippen LogP contribution in [0.1, 0.15) is 16.8 Å². The Morgan fingerprint density at radius 2 is 2.32 bits per heavy atom. The molecule has 0 aliphatic heterocycles. The van der Waals surface area contributed by atoms with E-state index >= 15 is 0 Å². The number of nitro benzene ring substituents is 1. The number of nitrogens with one attached hydrogen (secondary N) is 1. The van der Waals surface area contributed by atoms with E-state index in [-0.39, 0.29) is 24.4 Å². The van der Waals surface area contributed by atoms with Gasteiger partial charge >= 0.3 is 0 Å². The zero-order valence-corrected chi connectivity index (χ0v) is 10.5. The van der Waals surface area contributed by atoms with Gasteiger partial charge in [-0.1, -0.05) is 6.07 Å². The highest BCUT2D eigenvalue weighted by molar-refractivity contribution is 5.94. The van der Waals surface area contributed by atoms with Crippen LogP contribution in [0.2, 0.25) is 0 Å². The summed E-state index contributed by atoms with van der Waals surface area (Å²) in [6.07, 6.45) is -0.287. The van der Waals surface area contributed by atoms with Crippen LogP contribution in [0.4, 0.5) is 5.69 Å². The lowest BCUT2D eigenvalue weighted by molar-refractivity contribution is -0.384. The van der Waals surface area contributed by atoms with Gasteiger partial charge in [0.2, 0.25) is 0 Å². The maximum atomic E-state index is 11.7. The van der Waals surface area contributed by atoms with Crippen LogP contribution in [-0.2, 0) is 4.74 Å². The number of nitrogens with zero attached hydrogens (tertiary/aromatic N) is 1. The zero-order chi connectivity index (χ0) is 14.3. The molecule has 0 fully saturated rings. The number of ether oxygens (including phenoxy) is 1. The van der Waals surface area contributed by atoms with Gasteiger partial charge in [0.05, 0.1) is 17.6 Å². The van der Waals surface area contributed by atoms with Crippen molar-refractivity contribution in [3.63, 3.8) is 0 Å². The van der Waals surface area contributed by atoms with Gasteiger partial charge in [-0.25, -0.2) is 0 Å². The van der Waals surface area contributed by atoms with Crippen molar-refractivity contribution >= 4 is 11.6 Å². The van der Waals surface area contributed by atoms with Crippen molar-refractivity contribution in [3.05, 3.63) is 39.9 Å². The predicted molar refractivity (Wildman–Crippen MR) is 67.9 cm³/mol. The highest BCUT2D eigenvalue weighted by Gasteiger charge is 2.11. The summed E-state index contributed by atoms with van der Waals surface area (Å²) in [5.41, 5.74) is 0.0856. The molecule has 1 aromatic rings. The van der Waals surface area contributed by atoms with E-state index in [4.69, 9.17) is 4.74 Å². The van der Waals surface area contributed by atoms with Crippen LogP contribution in [-0.4, -0.2) is 42.3 Å². The second kappa shape index (κ2) is 7.45. The van der Waals surface area contributed by atoms with Gasteiger partial charge in [-0.2, -0.15) is 0 Å². The lowest BCUT2D eigenvalue weighted by Gasteiger charge is -2.10. The predicted octanol–water partition coefficient (Wildman–Crippen LogP) is 0.722. The van der Waals surface area contributed by atoms with E-state index in [1.165, 1.54) is 31.4 Å². The van der Waals surface area contributed by atoms with Crippen LogP contribution < -0.4 is 5.32 Å². The molecule has 1 amide bonds. The quantitative estimate of drug-likeness (QED) is 0.560. The van der Waals surface area contributed by atoms with E-state index in [0.717, 1.165) is 0 Å². The molecule has 0 saturated carbocycles. The van der Waals surface area contributed by atoms with Crippen LogP contribution in [0.3, 0.4) is 0 Å². The zero-order valence-electron chi connectivity index (χ0n) is 10.5. The van der Waals surface area contributed by atoms with Crippen LogP contribution in [0, 0.1) is 10.1 Å². The number of benzene rings is 1. The summed E-state index contributed by atoms with van der Waals surface area (Å²) in [5.74, 6) is -0.409. The highest BCUT2D eigenvalue weighted by Crippen LogP contribution is 2.12. The summed E-state index contributed by atoms with van der Waals surface area (Å²) in [6, 6.07) is 5.47. The lowest BCUT2D eigenvalue weighted by atomic mass is 10.2. The Balaban J connectivity index is 2.49. The van der Waals surface area contributed by atoms with E-state index in [9.17, 15) is 20.0 Å². The van der Waals surface area contributed by atoms with Gasteiger partial charge < -0.3 is 15.2 Å². The second-order valence-corrected chi connectivity index (χ2v) is 3.96. The number of hydrogen-bond acceptors (Lipinski definition) is 5. The van der Waals surface area contributed by atoms with Gasteiger partial charge in [-0.05, 0) is 12.5 Å². The van der Waals surface area contributed by atoms with Crippen LogP contribution in [0.5, 0.6) is 0 Å². The van der Waals surface area contributed by atoms with Crippen molar-refractivity contribution < 1.29 is 19.6 Å². The van der Waals surface area contributed by atoms with Crippen LogP contribution >= 0.6 is 0 Å². The summed E-state index contributed by atoms with van der Waals surface area (Å²) < 4.78 is 4.75. The van der Waals surface area contributed by atoms with Gasteiger partial charge in [-0.15, -0.1) is 0 Å². The van der Waals surface area contributed by atoms with Crippen molar-refractivity contribution in [1.82, 2.24) is 5.32 Å². The van der Waals surface area contributed by atoms with Crippen molar-refractivity contribution in [2.75, 3.05) is 20.3 Å². The average Bonchev–Trinajstić information content (AvgIpc) is 2.39. The Hall–Kier alpha value is -1.99. The third-order valence-electron chi connectivity index (χ3n) is 2.44. The van der Waals surface area contributed by atoms with Crippen molar-refractivity contribution in [3.8, 4) is 0 Å². The van der Waals surface area contributed by atoms with E-state index in [1.807, 2.05) is 0 Å². The minimum Gasteiger partial charge on any atom is -0.391 e. The van der Waals surface area contributed by atoms with Gasteiger partial charge in [0.15, 0.2) is 0 Å². The molecule has 1 rings (SSSR count). The molecule has 7 nitrogen and oxygen atoms in total. The standard InChI is InChI=1S/C12H16N2O5/c1-19-8-11(15)5-6-13-12(16)9-3-2-4-10(7-9)14(17)18/h2-4,7,11,15H,5-6,8H2,1H3,(H,13,16). The summed E-state index contributed by atoms with van der Waals surface area (Å²) >= 11 is 0. The summed E-state index contributed by atoms with van der Waals surface area (Å²) in [6.45, 7) is 0.471. The second-order valence-electron chi connectivity index (χ2n) is 3.96. The van der Waals surface area contributed by atoms with E-state index in [2.05, 4.69) is 5.32 Å². The number of methoxy groups -OCH3 is 1. The molecular formula is C12H16N2O5.